The maximum atomic E-state index is 3.50. The van der Waals surface area contributed by atoms with E-state index in [0.29, 0.717) is 0 Å². The molecule has 0 aromatic heterocycles. The van der Waals surface area contributed by atoms with Gasteiger partial charge in [-0.2, -0.15) is 0 Å². The van der Waals surface area contributed by atoms with Crippen molar-refractivity contribution < 1.29 is 0 Å². The summed E-state index contributed by atoms with van der Waals surface area (Å²) < 4.78 is 0. The zero-order chi connectivity index (χ0) is 7.82. The van der Waals surface area contributed by atoms with E-state index >= 15 is 0 Å². The van der Waals surface area contributed by atoms with Crippen molar-refractivity contribution in [3.05, 3.63) is 0 Å². The third-order valence-electron chi connectivity index (χ3n) is 1.65. The molecule has 0 unspecified atom stereocenters. The Labute approximate surface area is 81.0 Å². The van der Waals surface area contributed by atoms with Gasteiger partial charge >= 0.3 is 0 Å². The van der Waals surface area contributed by atoms with Crippen LogP contribution in [-0.4, -0.2) is 10.7 Å². The van der Waals surface area contributed by atoms with Crippen LogP contribution in [0.25, 0.3) is 0 Å². The van der Waals surface area contributed by atoms with Crippen LogP contribution in [0.4, 0.5) is 0 Å². The van der Waals surface area contributed by atoms with Crippen LogP contribution >= 0.6 is 31.9 Å². The van der Waals surface area contributed by atoms with Crippen LogP contribution in [0, 0.1) is 5.92 Å². The lowest BCUT2D eigenvalue weighted by Crippen LogP contribution is -2.02. The predicted octanol–water partition coefficient (Wildman–Crippen LogP) is 3.97. The van der Waals surface area contributed by atoms with Crippen LogP contribution < -0.4 is 0 Å². The van der Waals surface area contributed by atoms with Gasteiger partial charge in [0.05, 0.1) is 0 Å². The summed E-state index contributed by atoms with van der Waals surface area (Å²) in [6.45, 7) is 2.25. The molecule has 0 bridgehead atoms. The normalized spacial score (nSPS) is 10.8. The molecule has 0 amide bonds. The lowest BCUT2D eigenvalue weighted by Gasteiger charge is -2.08. The number of unbranched alkanes of at least 4 members (excludes halogenated alkanes) is 2. The Balaban J connectivity index is 3.09. The molecule has 10 heavy (non-hydrogen) atoms. The molecule has 0 aromatic carbocycles. The number of rotatable bonds is 6. The highest BCUT2D eigenvalue weighted by molar-refractivity contribution is 9.09. The third kappa shape index (κ3) is 5.72. The summed E-state index contributed by atoms with van der Waals surface area (Å²) in [4.78, 5) is 0. The Morgan fingerprint density at radius 3 is 2.10 bits per heavy atom. The van der Waals surface area contributed by atoms with E-state index in [1.54, 1.807) is 0 Å². The number of hydrogen-bond acceptors (Lipinski definition) is 0. The summed E-state index contributed by atoms with van der Waals surface area (Å²) in [6.07, 6.45) is 5.47. The average Bonchev–Trinajstić information content (AvgIpc) is 1.99. The van der Waals surface area contributed by atoms with Crippen molar-refractivity contribution in [1.82, 2.24) is 0 Å². The SMILES string of the molecule is CCCCCC(CBr)CBr. The first-order valence-electron chi connectivity index (χ1n) is 3.97. The van der Waals surface area contributed by atoms with Crippen molar-refractivity contribution in [2.24, 2.45) is 5.92 Å². The van der Waals surface area contributed by atoms with Crippen molar-refractivity contribution in [2.75, 3.05) is 10.7 Å². The Hall–Kier alpha value is 0.960. The van der Waals surface area contributed by atoms with Gasteiger partial charge in [0, 0.05) is 10.7 Å². The first-order valence-corrected chi connectivity index (χ1v) is 6.21. The van der Waals surface area contributed by atoms with Crippen molar-refractivity contribution in [2.45, 2.75) is 32.6 Å². The predicted molar refractivity (Wildman–Crippen MR) is 55.2 cm³/mol. The fourth-order valence-corrected chi connectivity index (χ4v) is 2.60. The van der Waals surface area contributed by atoms with Crippen molar-refractivity contribution >= 4 is 31.9 Å². The van der Waals surface area contributed by atoms with E-state index in [9.17, 15) is 0 Å². The number of halogens is 2. The van der Waals surface area contributed by atoms with Crippen molar-refractivity contribution in [3.8, 4) is 0 Å². The lowest BCUT2D eigenvalue weighted by molar-refractivity contribution is 0.553. The fourth-order valence-electron chi connectivity index (χ4n) is 0.879. The summed E-state index contributed by atoms with van der Waals surface area (Å²) in [5, 5.41) is 2.28. The van der Waals surface area contributed by atoms with Gasteiger partial charge in [0.1, 0.15) is 0 Å². The highest BCUT2D eigenvalue weighted by atomic mass is 79.9. The van der Waals surface area contributed by atoms with E-state index in [1.165, 1.54) is 25.7 Å². The second-order valence-corrected chi connectivity index (χ2v) is 3.97. The van der Waals surface area contributed by atoms with Crippen molar-refractivity contribution in [1.29, 1.82) is 0 Å². The average molecular weight is 272 g/mol. The van der Waals surface area contributed by atoms with Crippen LogP contribution in [-0.2, 0) is 0 Å². The molecule has 0 heterocycles. The second-order valence-electron chi connectivity index (χ2n) is 2.67. The van der Waals surface area contributed by atoms with Gasteiger partial charge in [0.15, 0.2) is 0 Å². The van der Waals surface area contributed by atoms with E-state index in [2.05, 4.69) is 38.8 Å². The quantitative estimate of drug-likeness (QED) is 0.507. The monoisotopic (exact) mass is 270 g/mol. The van der Waals surface area contributed by atoms with Gasteiger partial charge in [0.2, 0.25) is 0 Å². The minimum absolute atomic E-state index is 0.839. The van der Waals surface area contributed by atoms with Crippen LogP contribution in [0.1, 0.15) is 32.6 Å². The van der Waals surface area contributed by atoms with Gasteiger partial charge in [-0.3, -0.25) is 0 Å². The molecule has 0 nitrogen and oxygen atoms in total. The maximum Gasteiger partial charge on any atom is 0.00676 e. The molecule has 0 aliphatic heterocycles. The van der Waals surface area contributed by atoms with Gasteiger partial charge in [-0.05, 0) is 12.3 Å². The molecular formula is C8H16Br2. The number of hydrogen-bond donors (Lipinski definition) is 0. The molecule has 0 saturated carbocycles. The molecule has 0 N–H and O–H groups in total. The molecule has 2 heteroatoms. The van der Waals surface area contributed by atoms with Gasteiger partial charge in [0.25, 0.3) is 0 Å². The Bertz CT molecular complexity index is 60.3. The molecule has 0 aromatic rings. The molecule has 0 saturated heterocycles. The standard InChI is InChI=1S/C8H16Br2/c1-2-3-4-5-8(6-9)7-10/h8H,2-7H2,1H3. The molecule has 0 aliphatic rings. The van der Waals surface area contributed by atoms with Crippen molar-refractivity contribution in [3.63, 3.8) is 0 Å². The first-order chi connectivity index (χ1) is 4.85. The molecule has 0 spiro atoms. The highest BCUT2D eigenvalue weighted by Gasteiger charge is 2.02. The summed E-state index contributed by atoms with van der Waals surface area (Å²) in [6, 6.07) is 0. The van der Waals surface area contributed by atoms with Crippen LogP contribution in [0.5, 0.6) is 0 Å². The molecule has 0 atom stereocenters. The van der Waals surface area contributed by atoms with Crippen LogP contribution in [0.3, 0.4) is 0 Å². The van der Waals surface area contributed by atoms with E-state index in [4.69, 9.17) is 0 Å². The summed E-state index contributed by atoms with van der Waals surface area (Å²) in [5.41, 5.74) is 0. The van der Waals surface area contributed by atoms with Gasteiger partial charge in [-0.1, -0.05) is 58.0 Å². The Kier molecular flexibility index (Phi) is 8.83. The van der Waals surface area contributed by atoms with E-state index in [1.807, 2.05) is 0 Å². The minimum atomic E-state index is 0.839. The zero-order valence-corrected chi connectivity index (χ0v) is 9.75. The van der Waals surface area contributed by atoms with E-state index < -0.39 is 0 Å². The third-order valence-corrected chi connectivity index (χ3v) is 3.48. The molecular weight excluding hydrogens is 256 g/mol. The maximum absolute atomic E-state index is 3.50. The second kappa shape index (κ2) is 8.06. The summed E-state index contributed by atoms with van der Waals surface area (Å²) >= 11 is 7.00. The van der Waals surface area contributed by atoms with Gasteiger partial charge in [-0.25, -0.2) is 0 Å². The largest absolute Gasteiger partial charge is 0.0925 e. The summed E-state index contributed by atoms with van der Waals surface area (Å²) in [7, 11) is 0. The lowest BCUT2D eigenvalue weighted by atomic mass is 10.1. The Morgan fingerprint density at radius 2 is 1.70 bits per heavy atom. The molecule has 0 fully saturated rings. The van der Waals surface area contributed by atoms with Crippen LogP contribution in [0.15, 0.2) is 0 Å². The minimum Gasteiger partial charge on any atom is -0.0925 e. The Morgan fingerprint density at radius 1 is 1.10 bits per heavy atom. The highest BCUT2D eigenvalue weighted by Crippen LogP contribution is 2.14. The molecule has 0 rings (SSSR count). The zero-order valence-electron chi connectivity index (χ0n) is 6.58. The van der Waals surface area contributed by atoms with Gasteiger partial charge < -0.3 is 0 Å². The van der Waals surface area contributed by atoms with Crippen LogP contribution in [0.2, 0.25) is 0 Å². The van der Waals surface area contributed by atoms with E-state index in [0.717, 1.165) is 16.6 Å². The number of alkyl halides is 2. The van der Waals surface area contributed by atoms with Gasteiger partial charge in [-0.15, -0.1) is 0 Å². The molecule has 0 radical (unpaired) electrons. The molecule has 62 valence electrons. The smallest absolute Gasteiger partial charge is 0.00676 e. The molecule has 0 aliphatic carbocycles. The fraction of sp³-hybridized carbons (Fsp3) is 1.00. The topological polar surface area (TPSA) is 0 Å². The van der Waals surface area contributed by atoms with E-state index in [-0.39, 0.29) is 0 Å². The first kappa shape index (κ1) is 11.0. The summed E-state index contributed by atoms with van der Waals surface area (Å²) in [5.74, 6) is 0.839.